The molecule has 3 rings (SSSR count). The fourth-order valence-electron chi connectivity index (χ4n) is 3.66. The highest BCUT2D eigenvalue weighted by Crippen LogP contribution is 2.28. The van der Waals surface area contributed by atoms with Crippen LogP contribution in [0.2, 0.25) is 0 Å². The van der Waals surface area contributed by atoms with E-state index in [-0.39, 0.29) is 12.1 Å². The van der Waals surface area contributed by atoms with Gasteiger partial charge < -0.3 is 14.7 Å². The number of para-hydroxylation sites is 1. The standard InChI is InChI=1S/C18H28N2O2/c1-19(2)16-12-20(13-17(16)21)11-14-7-3-6-10-18(14)22-15-8-4-5-9-15/h3,6-7,10,15-17,21H,4-5,8-9,11-13H2,1-2H3/t16-,17-/m0/s1. The van der Waals surface area contributed by atoms with Gasteiger partial charge in [-0.05, 0) is 45.8 Å². The van der Waals surface area contributed by atoms with Crippen LogP contribution in [0, 0.1) is 0 Å². The minimum absolute atomic E-state index is 0.225. The number of β-amino-alcohol motifs (C(OH)–C–C–N with tert-alkyl or cyclic N) is 1. The average molecular weight is 304 g/mol. The molecule has 0 amide bonds. The Labute approximate surface area is 133 Å². The van der Waals surface area contributed by atoms with Gasteiger partial charge in [-0.1, -0.05) is 18.2 Å². The van der Waals surface area contributed by atoms with E-state index in [1.807, 2.05) is 14.1 Å². The number of rotatable bonds is 5. The number of likely N-dealkylation sites (tertiary alicyclic amines) is 1. The predicted octanol–water partition coefficient (Wildman–Crippen LogP) is 2.11. The van der Waals surface area contributed by atoms with Crippen LogP contribution in [0.4, 0.5) is 0 Å². The number of likely N-dealkylation sites (N-methyl/N-ethyl adjacent to an activating group) is 1. The minimum Gasteiger partial charge on any atom is -0.490 e. The van der Waals surface area contributed by atoms with E-state index in [9.17, 15) is 5.11 Å². The first-order valence-corrected chi connectivity index (χ1v) is 8.45. The first-order valence-electron chi connectivity index (χ1n) is 8.45. The lowest BCUT2D eigenvalue weighted by Gasteiger charge is -2.22. The number of hydrogen-bond acceptors (Lipinski definition) is 4. The Morgan fingerprint density at radius 3 is 2.59 bits per heavy atom. The summed E-state index contributed by atoms with van der Waals surface area (Å²) in [5, 5.41) is 10.2. The van der Waals surface area contributed by atoms with Crippen LogP contribution in [0.15, 0.2) is 24.3 Å². The number of hydrogen-bond donors (Lipinski definition) is 1. The topological polar surface area (TPSA) is 35.9 Å². The molecule has 1 saturated heterocycles. The molecule has 22 heavy (non-hydrogen) atoms. The molecule has 0 aromatic heterocycles. The predicted molar refractivity (Wildman–Crippen MR) is 88.1 cm³/mol. The summed E-state index contributed by atoms with van der Waals surface area (Å²) in [7, 11) is 4.07. The maximum atomic E-state index is 10.2. The molecule has 2 atom stereocenters. The van der Waals surface area contributed by atoms with Gasteiger partial charge in [-0.2, -0.15) is 0 Å². The van der Waals surface area contributed by atoms with E-state index in [4.69, 9.17) is 4.74 Å². The van der Waals surface area contributed by atoms with Crippen LogP contribution < -0.4 is 4.74 Å². The number of aliphatic hydroxyl groups excluding tert-OH is 1. The van der Waals surface area contributed by atoms with Gasteiger partial charge in [0.25, 0.3) is 0 Å². The molecule has 1 aromatic carbocycles. The van der Waals surface area contributed by atoms with Crippen molar-refractivity contribution in [3.8, 4) is 5.75 Å². The van der Waals surface area contributed by atoms with E-state index in [0.717, 1.165) is 25.4 Å². The van der Waals surface area contributed by atoms with Crippen LogP contribution in [0.25, 0.3) is 0 Å². The van der Waals surface area contributed by atoms with Crippen molar-refractivity contribution >= 4 is 0 Å². The van der Waals surface area contributed by atoms with E-state index in [1.54, 1.807) is 0 Å². The molecular formula is C18H28N2O2. The molecule has 1 saturated carbocycles. The van der Waals surface area contributed by atoms with Crippen molar-refractivity contribution in [2.75, 3.05) is 27.2 Å². The Kier molecular flexibility index (Phi) is 5.01. The molecule has 0 bridgehead atoms. The Hall–Kier alpha value is -1.10. The Morgan fingerprint density at radius 2 is 1.91 bits per heavy atom. The molecule has 4 nitrogen and oxygen atoms in total. The number of benzene rings is 1. The second-order valence-corrected chi connectivity index (χ2v) is 6.92. The van der Waals surface area contributed by atoms with Gasteiger partial charge in [0.05, 0.1) is 12.2 Å². The van der Waals surface area contributed by atoms with Crippen molar-refractivity contribution in [3.63, 3.8) is 0 Å². The van der Waals surface area contributed by atoms with Crippen molar-refractivity contribution < 1.29 is 9.84 Å². The molecule has 1 N–H and O–H groups in total. The normalized spacial score (nSPS) is 26.9. The highest BCUT2D eigenvalue weighted by atomic mass is 16.5. The van der Waals surface area contributed by atoms with Crippen LogP contribution in [-0.4, -0.2) is 60.3 Å². The Balaban J connectivity index is 1.65. The molecule has 0 spiro atoms. The fourth-order valence-corrected chi connectivity index (χ4v) is 3.66. The highest BCUT2D eigenvalue weighted by molar-refractivity contribution is 5.33. The maximum absolute atomic E-state index is 10.2. The average Bonchev–Trinajstić information content (AvgIpc) is 3.11. The van der Waals surface area contributed by atoms with Gasteiger partial charge in [-0.3, -0.25) is 4.90 Å². The van der Waals surface area contributed by atoms with E-state index >= 15 is 0 Å². The second kappa shape index (κ2) is 6.99. The summed E-state index contributed by atoms with van der Waals surface area (Å²) < 4.78 is 6.22. The smallest absolute Gasteiger partial charge is 0.124 e. The molecule has 1 aromatic rings. The number of aliphatic hydroxyl groups is 1. The fraction of sp³-hybridized carbons (Fsp3) is 0.667. The van der Waals surface area contributed by atoms with Crippen molar-refractivity contribution in [2.45, 2.75) is 50.5 Å². The lowest BCUT2D eigenvalue weighted by Crippen LogP contribution is -2.37. The third-order valence-corrected chi connectivity index (χ3v) is 4.96. The highest BCUT2D eigenvalue weighted by Gasteiger charge is 2.32. The van der Waals surface area contributed by atoms with Gasteiger partial charge in [0.1, 0.15) is 5.75 Å². The zero-order valence-electron chi connectivity index (χ0n) is 13.7. The summed E-state index contributed by atoms with van der Waals surface area (Å²) in [4.78, 5) is 4.44. The second-order valence-electron chi connectivity index (χ2n) is 6.92. The maximum Gasteiger partial charge on any atom is 0.124 e. The third kappa shape index (κ3) is 3.62. The van der Waals surface area contributed by atoms with Crippen LogP contribution in [-0.2, 0) is 6.54 Å². The summed E-state index contributed by atoms with van der Waals surface area (Å²) in [6.07, 6.45) is 5.06. The van der Waals surface area contributed by atoms with Crippen LogP contribution in [0.3, 0.4) is 0 Å². The lowest BCUT2D eigenvalue weighted by molar-refractivity contribution is 0.112. The Morgan fingerprint density at radius 1 is 1.18 bits per heavy atom. The SMILES string of the molecule is CN(C)[C@H]1CN(Cc2ccccc2OC2CCCC2)C[C@@H]1O. The quantitative estimate of drug-likeness (QED) is 0.904. The molecule has 122 valence electrons. The van der Waals surface area contributed by atoms with E-state index in [1.165, 1.54) is 31.2 Å². The van der Waals surface area contributed by atoms with Gasteiger partial charge in [-0.25, -0.2) is 0 Å². The summed E-state index contributed by atoms with van der Waals surface area (Å²) >= 11 is 0. The van der Waals surface area contributed by atoms with Gasteiger partial charge in [0, 0.05) is 31.2 Å². The molecule has 0 unspecified atom stereocenters. The molecule has 2 fully saturated rings. The molecule has 2 aliphatic rings. The van der Waals surface area contributed by atoms with Crippen molar-refractivity contribution in [3.05, 3.63) is 29.8 Å². The molecular weight excluding hydrogens is 276 g/mol. The monoisotopic (exact) mass is 304 g/mol. The lowest BCUT2D eigenvalue weighted by atomic mass is 10.2. The minimum atomic E-state index is -0.266. The summed E-state index contributed by atoms with van der Waals surface area (Å²) in [5.74, 6) is 1.03. The molecule has 1 aliphatic carbocycles. The number of ether oxygens (including phenoxy) is 1. The zero-order valence-corrected chi connectivity index (χ0v) is 13.7. The van der Waals surface area contributed by atoms with Crippen LogP contribution >= 0.6 is 0 Å². The molecule has 0 radical (unpaired) electrons. The van der Waals surface area contributed by atoms with Crippen LogP contribution in [0.5, 0.6) is 5.75 Å². The first kappa shape index (κ1) is 15.8. The van der Waals surface area contributed by atoms with E-state index in [0.29, 0.717) is 6.10 Å². The van der Waals surface area contributed by atoms with Gasteiger partial charge in [0.2, 0.25) is 0 Å². The summed E-state index contributed by atoms with van der Waals surface area (Å²) in [6, 6.07) is 8.59. The van der Waals surface area contributed by atoms with Crippen molar-refractivity contribution in [1.29, 1.82) is 0 Å². The van der Waals surface area contributed by atoms with Gasteiger partial charge >= 0.3 is 0 Å². The number of nitrogens with zero attached hydrogens (tertiary/aromatic N) is 2. The molecule has 1 heterocycles. The zero-order chi connectivity index (χ0) is 15.5. The summed E-state index contributed by atoms with van der Waals surface area (Å²) in [6.45, 7) is 2.50. The molecule has 1 aliphatic heterocycles. The Bertz CT molecular complexity index is 486. The van der Waals surface area contributed by atoms with Gasteiger partial charge in [0.15, 0.2) is 0 Å². The van der Waals surface area contributed by atoms with E-state index < -0.39 is 0 Å². The van der Waals surface area contributed by atoms with Crippen molar-refractivity contribution in [1.82, 2.24) is 9.80 Å². The third-order valence-electron chi connectivity index (χ3n) is 4.96. The van der Waals surface area contributed by atoms with Crippen LogP contribution in [0.1, 0.15) is 31.2 Å². The molecule has 4 heteroatoms. The van der Waals surface area contributed by atoms with Gasteiger partial charge in [-0.15, -0.1) is 0 Å². The largest absolute Gasteiger partial charge is 0.490 e. The van der Waals surface area contributed by atoms with E-state index in [2.05, 4.69) is 34.1 Å². The summed E-state index contributed by atoms with van der Waals surface area (Å²) in [5.41, 5.74) is 1.24. The van der Waals surface area contributed by atoms with Crippen molar-refractivity contribution in [2.24, 2.45) is 0 Å². The first-order chi connectivity index (χ1) is 10.6.